The molecule has 2 bridgehead atoms. The highest BCUT2D eigenvalue weighted by Gasteiger charge is 2.32. The van der Waals surface area contributed by atoms with Gasteiger partial charge in [-0.25, -0.2) is 0 Å². The van der Waals surface area contributed by atoms with Crippen molar-refractivity contribution in [1.82, 2.24) is 9.88 Å². The number of hydrogen-bond donors (Lipinski definition) is 0. The van der Waals surface area contributed by atoms with E-state index in [0.717, 1.165) is 17.1 Å². The number of aromatic nitrogens is 1. The van der Waals surface area contributed by atoms with Gasteiger partial charge in [0.25, 0.3) is 0 Å². The highest BCUT2D eigenvalue weighted by Crippen LogP contribution is 2.29. The van der Waals surface area contributed by atoms with Crippen LogP contribution in [0.1, 0.15) is 6.42 Å². The first kappa shape index (κ1) is 18.3. The summed E-state index contributed by atoms with van der Waals surface area (Å²) in [7, 11) is 0. The Kier molecular flexibility index (Phi) is 6.15. The van der Waals surface area contributed by atoms with E-state index in [9.17, 15) is 0 Å². The van der Waals surface area contributed by atoms with E-state index in [1.165, 1.54) is 37.3 Å². The number of hydrogen-bond acceptors (Lipinski definition) is 3. The Bertz CT molecular complexity index is 648. The molecule has 2 fully saturated rings. The van der Waals surface area contributed by atoms with Gasteiger partial charge in [-0.2, -0.15) is 0 Å². The van der Waals surface area contributed by atoms with Crippen LogP contribution in [0.4, 0.5) is 5.69 Å². The molecular formula is C17H20Cl3N3. The molecule has 2 aliphatic rings. The normalized spacial score (nSPS) is 22.2. The fraction of sp³-hybridized carbons (Fsp3) is 0.353. The minimum Gasteiger partial charge on any atom is -0.365 e. The second kappa shape index (κ2) is 7.71. The van der Waals surface area contributed by atoms with Crippen molar-refractivity contribution in [2.75, 3.05) is 31.1 Å². The van der Waals surface area contributed by atoms with Gasteiger partial charge >= 0.3 is 0 Å². The van der Waals surface area contributed by atoms with Gasteiger partial charge in [0.2, 0.25) is 0 Å². The lowest BCUT2D eigenvalue weighted by molar-refractivity contribution is 0.310. The molecule has 0 N–H and O–H groups in total. The lowest BCUT2D eigenvalue weighted by Crippen LogP contribution is -2.46. The van der Waals surface area contributed by atoms with Crippen LogP contribution >= 0.6 is 36.4 Å². The molecule has 1 aromatic carbocycles. The molecule has 2 atom stereocenters. The molecule has 4 rings (SSSR count). The maximum absolute atomic E-state index is 5.97. The second-order valence-corrected chi connectivity index (χ2v) is 6.31. The zero-order chi connectivity index (χ0) is 14.2. The minimum absolute atomic E-state index is 0. The predicted molar refractivity (Wildman–Crippen MR) is 101 cm³/mol. The third kappa shape index (κ3) is 3.74. The van der Waals surface area contributed by atoms with Gasteiger partial charge in [0, 0.05) is 49.0 Å². The van der Waals surface area contributed by atoms with Crippen LogP contribution in [0.5, 0.6) is 0 Å². The van der Waals surface area contributed by atoms with Crippen molar-refractivity contribution in [2.24, 2.45) is 0 Å². The molecule has 2 aromatic rings. The molecule has 1 aromatic heterocycles. The van der Waals surface area contributed by atoms with Gasteiger partial charge in [0.15, 0.2) is 0 Å². The van der Waals surface area contributed by atoms with Gasteiger partial charge in [0.05, 0.1) is 11.9 Å². The van der Waals surface area contributed by atoms with Gasteiger partial charge in [-0.15, -0.1) is 24.8 Å². The van der Waals surface area contributed by atoms with Crippen LogP contribution in [-0.4, -0.2) is 42.1 Å². The first-order valence-electron chi connectivity index (χ1n) is 7.49. The molecule has 2 aliphatic heterocycles. The largest absolute Gasteiger partial charge is 0.365 e. The first-order valence-corrected chi connectivity index (χ1v) is 7.87. The SMILES string of the molecule is Cl.Cl.Clc1ccc(-c2cncc(N3CCN4CCC3C4)c2)cc1. The van der Waals surface area contributed by atoms with E-state index in [2.05, 4.69) is 33.0 Å². The summed E-state index contributed by atoms with van der Waals surface area (Å²) in [4.78, 5) is 9.53. The number of nitrogens with zero attached hydrogens (tertiary/aromatic N) is 3. The fourth-order valence-corrected chi connectivity index (χ4v) is 3.55. The molecule has 0 amide bonds. The van der Waals surface area contributed by atoms with Crippen LogP contribution in [0.25, 0.3) is 11.1 Å². The Morgan fingerprint density at radius 2 is 1.74 bits per heavy atom. The summed E-state index contributed by atoms with van der Waals surface area (Å²) in [6.45, 7) is 4.72. The summed E-state index contributed by atoms with van der Waals surface area (Å²) < 4.78 is 0. The van der Waals surface area contributed by atoms with Crippen molar-refractivity contribution in [2.45, 2.75) is 12.5 Å². The van der Waals surface area contributed by atoms with E-state index >= 15 is 0 Å². The van der Waals surface area contributed by atoms with Crippen LogP contribution < -0.4 is 4.90 Å². The van der Waals surface area contributed by atoms with Gasteiger partial charge < -0.3 is 4.90 Å². The number of halogens is 3. The zero-order valence-electron chi connectivity index (χ0n) is 12.7. The van der Waals surface area contributed by atoms with Crippen LogP contribution in [0.3, 0.4) is 0 Å². The summed E-state index contributed by atoms with van der Waals surface area (Å²) in [6.07, 6.45) is 5.19. The maximum Gasteiger partial charge on any atom is 0.0562 e. The minimum atomic E-state index is 0. The number of benzene rings is 1. The number of anilines is 1. The van der Waals surface area contributed by atoms with Gasteiger partial charge in [-0.1, -0.05) is 23.7 Å². The average molecular weight is 373 g/mol. The third-order valence-corrected chi connectivity index (χ3v) is 4.83. The van der Waals surface area contributed by atoms with Crippen molar-refractivity contribution in [1.29, 1.82) is 0 Å². The molecule has 0 aliphatic carbocycles. The number of pyridine rings is 1. The topological polar surface area (TPSA) is 19.4 Å². The Balaban J connectivity index is 0.000000960. The molecule has 3 nitrogen and oxygen atoms in total. The summed E-state index contributed by atoms with van der Waals surface area (Å²) in [5, 5.41) is 0.768. The van der Waals surface area contributed by atoms with Gasteiger partial charge in [-0.3, -0.25) is 9.88 Å². The van der Waals surface area contributed by atoms with E-state index in [-0.39, 0.29) is 24.8 Å². The third-order valence-electron chi connectivity index (χ3n) is 4.58. The second-order valence-electron chi connectivity index (χ2n) is 5.88. The Labute approximate surface area is 154 Å². The summed E-state index contributed by atoms with van der Waals surface area (Å²) >= 11 is 5.97. The van der Waals surface area contributed by atoms with Crippen LogP contribution in [0.2, 0.25) is 5.02 Å². The predicted octanol–water partition coefficient (Wildman–Crippen LogP) is 4.14. The van der Waals surface area contributed by atoms with Crippen LogP contribution in [-0.2, 0) is 0 Å². The van der Waals surface area contributed by atoms with Crippen LogP contribution in [0, 0.1) is 0 Å². The van der Waals surface area contributed by atoms with Gasteiger partial charge in [-0.05, 0) is 30.2 Å². The highest BCUT2D eigenvalue weighted by molar-refractivity contribution is 6.30. The fourth-order valence-electron chi connectivity index (χ4n) is 3.43. The lowest BCUT2D eigenvalue weighted by Gasteiger charge is -2.36. The molecule has 2 unspecified atom stereocenters. The van der Waals surface area contributed by atoms with Crippen molar-refractivity contribution in [3.8, 4) is 11.1 Å². The monoisotopic (exact) mass is 371 g/mol. The highest BCUT2D eigenvalue weighted by atomic mass is 35.5. The molecule has 0 radical (unpaired) electrons. The zero-order valence-corrected chi connectivity index (χ0v) is 15.1. The molecule has 0 spiro atoms. The molecular weight excluding hydrogens is 353 g/mol. The number of fused-ring (bicyclic) bond motifs is 2. The Hall–Kier alpha value is -1.00. The van der Waals surface area contributed by atoms with E-state index in [4.69, 9.17) is 11.6 Å². The van der Waals surface area contributed by atoms with Crippen molar-refractivity contribution < 1.29 is 0 Å². The summed E-state index contributed by atoms with van der Waals surface area (Å²) in [5.41, 5.74) is 3.57. The molecule has 23 heavy (non-hydrogen) atoms. The van der Waals surface area contributed by atoms with E-state index < -0.39 is 0 Å². The quantitative estimate of drug-likeness (QED) is 0.790. The van der Waals surface area contributed by atoms with Crippen LogP contribution in [0.15, 0.2) is 42.7 Å². The van der Waals surface area contributed by atoms with Crippen molar-refractivity contribution in [3.63, 3.8) is 0 Å². The Morgan fingerprint density at radius 3 is 2.52 bits per heavy atom. The van der Waals surface area contributed by atoms with E-state index in [1.54, 1.807) is 0 Å². The lowest BCUT2D eigenvalue weighted by atomic mass is 10.1. The summed E-state index contributed by atoms with van der Waals surface area (Å²) in [6, 6.07) is 10.9. The molecule has 0 saturated carbocycles. The molecule has 124 valence electrons. The molecule has 2 saturated heterocycles. The van der Waals surface area contributed by atoms with Crippen molar-refractivity contribution >= 4 is 42.1 Å². The van der Waals surface area contributed by atoms with E-state index in [0.29, 0.717) is 6.04 Å². The van der Waals surface area contributed by atoms with Crippen molar-refractivity contribution in [3.05, 3.63) is 47.7 Å². The average Bonchev–Trinajstić information content (AvgIpc) is 2.89. The summed E-state index contributed by atoms with van der Waals surface area (Å²) in [5.74, 6) is 0. The molecule has 6 heteroatoms. The standard InChI is InChI=1S/C17H18ClN3.2ClH/c18-15-3-1-13(2-4-15)14-9-17(11-19-10-14)21-8-7-20-6-5-16(21)12-20;;/h1-4,9-11,16H,5-8,12H2;2*1H. The Morgan fingerprint density at radius 1 is 0.957 bits per heavy atom. The maximum atomic E-state index is 5.97. The first-order chi connectivity index (χ1) is 10.3. The van der Waals surface area contributed by atoms with E-state index in [1.807, 2.05) is 24.5 Å². The molecule has 3 heterocycles. The van der Waals surface area contributed by atoms with Gasteiger partial charge in [0.1, 0.15) is 0 Å². The number of piperazine rings is 1. The smallest absolute Gasteiger partial charge is 0.0562 e. The number of rotatable bonds is 2.